The Morgan fingerprint density at radius 1 is 1.50 bits per heavy atom. The smallest absolute Gasteiger partial charge is 0.273 e. The van der Waals surface area contributed by atoms with Crippen LogP contribution in [0.1, 0.15) is 19.4 Å². The van der Waals surface area contributed by atoms with E-state index < -0.39 is 0 Å². The number of nitrogens with one attached hydrogen (secondary N) is 1. The fourth-order valence-corrected chi connectivity index (χ4v) is 1.95. The fraction of sp³-hybridized carbons (Fsp3) is 0.500. The van der Waals surface area contributed by atoms with Crippen LogP contribution in [0.3, 0.4) is 0 Å². The van der Waals surface area contributed by atoms with Gasteiger partial charge < -0.3 is 10.1 Å². The van der Waals surface area contributed by atoms with E-state index >= 15 is 0 Å². The van der Waals surface area contributed by atoms with Gasteiger partial charge in [-0.05, 0) is 42.8 Å². The topological polar surface area (TPSA) is 64.4 Å². The van der Waals surface area contributed by atoms with Gasteiger partial charge in [-0.2, -0.15) is 0 Å². The number of rotatable bonds is 6. The summed E-state index contributed by atoms with van der Waals surface area (Å²) in [5, 5.41) is 13.9. The maximum atomic E-state index is 10.8. The van der Waals surface area contributed by atoms with Gasteiger partial charge in [0.25, 0.3) is 5.69 Å². The molecule has 0 bridgehead atoms. The predicted molar refractivity (Wildman–Crippen MR) is 75.1 cm³/mol. The summed E-state index contributed by atoms with van der Waals surface area (Å²) in [6.45, 7) is 6.94. The Bertz CT molecular complexity index is 436. The Morgan fingerprint density at radius 2 is 2.17 bits per heavy atom. The molecule has 18 heavy (non-hydrogen) atoms. The van der Waals surface area contributed by atoms with Crippen molar-refractivity contribution in [3.63, 3.8) is 0 Å². The number of hydrogen-bond acceptors (Lipinski definition) is 4. The number of hydrogen-bond donors (Lipinski definition) is 1. The molecule has 0 spiro atoms. The normalized spacial score (nSPS) is 10.7. The van der Waals surface area contributed by atoms with E-state index in [1.165, 1.54) is 6.07 Å². The Hall–Kier alpha value is -1.14. The number of nitrogens with zero attached hydrogens (tertiary/aromatic N) is 1. The van der Waals surface area contributed by atoms with Gasteiger partial charge in [-0.15, -0.1) is 0 Å². The van der Waals surface area contributed by atoms with Crippen LogP contribution in [0.15, 0.2) is 16.6 Å². The number of benzene rings is 1. The van der Waals surface area contributed by atoms with Crippen LogP contribution in [0.4, 0.5) is 11.4 Å². The summed E-state index contributed by atoms with van der Waals surface area (Å²) in [4.78, 5) is 10.4. The van der Waals surface area contributed by atoms with Crippen molar-refractivity contribution in [1.29, 1.82) is 0 Å². The number of halogens is 1. The molecule has 1 aromatic carbocycles. The van der Waals surface area contributed by atoms with Crippen molar-refractivity contribution in [2.75, 3.05) is 18.5 Å². The third-order valence-electron chi connectivity index (χ3n) is 2.35. The minimum absolute atomic E-state index is 0.117. The quantitative estimate of drug-likeness (QED) is 0.495. The molecule has 100 valence electrons. The molecule has 0 amide bonds. The molecule has 5 nitrogen and oxygen atoms in total. The number of aryl methyl sites for hydroxylation is 1. The number of nitro benzene ring substituents is 1. The van der Waals surface area contributed by atoms with Gasteiger partial charge in [0.05, 0.1) is 17.6 Å². The molecule has 0 unspecified atom stereocenters. The van der Waals surface area contributed by atoms with Gasteiger partial charge in [0, 0.05) is 28.3 Å². The first kappa shape index (κ1) is 14.9. The standard InChI is InChI=1S/C12H17BrN2O3/c1-8(2)18-5-4-14-11-6-9(3)12(15(16)17)7-10(11)13/h6-8,14H,4-5H2,1-3H3. The lowest BCUT2D eigenvalue weighted by Gasteiger charge is -2.11. The lowest BCUT2D eigenvalue weighted by atomic mass is 10.2. The average molecular weight is 317 g/mol. The molecule has 0 saturated heterocycles. The number of nitro groups is 1. The Morgan fingerprint density at radius 3 is 2.72 bits per heavy atom. The van der Waals surface area contributed by atoms with Gasteiger partial charge in [0.15, 0.2) is 0 Å². The molecule has 0 aliphatic heterocycles. The number of anilines is 1. The minimum Gasteiger partial charge on any atom is -0.382 e. The average Bonchev–Trinajstić information content (AvgIpc) is 2.27. The van der Waals surface area contributed by atoms with Crippen molar-refractivity contribution < 1.29 is 9.66 Å². The van der Waals surface area contributed by atoms with Gasteiger partial charge in [-0.3, -0.25) is 10.1 Å². The Kier molecular flexibility index (Phi) is 5.55. The summed E-state index contributed by atoms with van der Waals surface area (Å²) < 4.78 is 6.09. The molecule has 0 aliphatic carbocycles. The summed E-state index contributed by atoms with van der Waals surface area (Å²) in [5.74, 6) is 0. The van der Waals surface area contributed by atoms with E-state index in [0.29, 0.717) is 23.2 Å². The predicted octanol–water partition coefficient (Wildman–Crippen LogP) is 3.50. The molecular weight excluding hydrogens is 300 g/mol. The second kappa shape index (κ2) is 6.70. The summed E-state index contributed by atoms with van der Waals surface area (Å²) in [5.41, 5.74) is 1.59. The Labute approximate surface area is 115 Å². The molecule has 0 fully saturated rings. The highest BCUT2D eigenvalue weighted by molar-refractivity contribution is 9.10. The van der Waals surface area contributed by atoms with Crippen molar-refractivity contribution in [2.24, 2.45) is 0 Å². The fourth-order valence-electron chi connectivity index (χ4n) is 1.48. The van der Waals surface area contributed by atoms with Crippen molar-refractivity contribution >= 4 is 27.3 Å². The maximum absolute atomic E-state index is 10.8. The molecule has 0 aliphatic rings. The maximum Gasteiger partial charge on any atom is 0.273 e. The van der Waals surface area contributed by atoms with Gasteiger partial charge >= 0.3 is 0 Å². The summed E-state index contributed by atoms with van der Waals surface area (Å²) >= 11 is 3.32. The van der Waals surface area contributed by atoms with Crippen LogP contribution >= 0.6 is 15.9 Å². The zero-order valence-electron chi connectivity index (χ0n) is 10.7. The van der Waals surface area contributed by atoms with Crippen LogP contribution in [-0.2, 0) is 4.74 Å². The van der Waals surface area contributed by atoms with Crippen LogP contribution in [0, 0.1) is 17.0 Å². The van der Waals surface area contributed by atoms with E-state index in [9.17, 15) is 10.1 Å². The Balaban J connectivity index is 2.67. The zero-order valence-corrected chi connectivity index (χ0v) is 12.3. The van der Waals surface area contributed by atoms with Crippen LogP contribution in [0.5, 0.6) is 0 Å². The van der Waals surface area contributed by atoms with E-state index in [2.05, 4.69) is 21.2 Å². The molecule has 0 heterocycles. The van der Waals surface area contributed by atoms with E-state index in [-0.39, 0.29) is 16.7 Å². The minimum atomic E-state index is -0.383. The van der Waals surface area contributed by atoms with E-state index in [1.54, 1.807) is 13.0 Å². The summed E-state index contributed by atoms with van der Waals surface area (Å²) in [6, 6.07) is 3.28. The molecule has 6 heteroatoms. The molecule has 1 rings (SSSR count). The van der Waals surface area contributed by atoms with Crippen molar-refractivity contribution in [2.45, 2.75) is 26.9 Å². The van der Waals surface area contributed by atoms with E-state index in [0.717, 1.165) is 5.69 Å². The van der Waals surface area contributed by atoms with Crippen molar-refractivity contribution in [3.8, 4) is 0 Å². The first-order valence-electron chi connectivity index (χ1n) is 5.72. The van der Waals surface area contributed by atoms with Crippen LogP contribution in [-0.4, -0.2) is 24.2 Å². The first-order valence-corrected chi connectivity index (χ1v) is 6.51. The van der Waals surface area contributed by atoms with Crippen LogP contribution in [0.2, 0.25) is 0 Å². The molecule has 1 N–H and O–H groups in total. The third-order valence-corrected chi connectivity index (χ3v) is 3.01. The number of ether oxygens (including phenoxy) is 1. The molecule has 1 aromatic rings. The lowest BCUT2D eigenvalue weighted by Crippen LogP contribution is -2.13. The lowest BCUT2D eigenvalue weighted by molar-refractivity contribution is -0.385. The first-order chi connectivity index (χ1) is 8.41. The SMILES string of the molecule is Cc1cc(NCCOC(C)C)c(Br)cc1[N+](=O)[O-]. The summed E-state index contributed by atoms with van der Waals surface area (Å²) in [6.07, 6.45) is 0.203. The van der Waals surface area contributed by atoms with Crippen LogP contribution < -0.4 is 5.32 Å². The molecule has 0 radical (unpaired) electrons. The molecular formula is C12H17BrN2O3. The largest absolute Gasteiger partial charge is 0.382 e. The van der Waals surface area contributed by atoms with Gasteiger partial charge in [-0.1, -0.05) is 0 Å². The highest BCUT2D eigenvalue weighted by atomic mass is 79.9. The monoisotopic (exact) mass is 316 g/mol. The van der Waals surface area contributed by atoms with Crippen LogP contribution in [0.25, 0.3) is 0 Å². The molecule has 0 atom stereocenters. The molecule has 0 aromatic heterocycles. The third kappa shape index (κ3) is 4.27. The zero-order chi connectivity index (χ0) is 13.7. The van der Waals surface area contributed by atoms with Crippen molar-refractivity contribution in [3.05, 3.63) is 32.3 Å². The van der Waals surface area contributed by atoms with E-state index in [1.807, 2.05) is 13.8 Å². The molecule has 0 saturated carbocycles. The second-order valence-electron chi connectivity index (χ2n) is 4.22. The highest BCUT2D eigenvalue weighted by Gasteiger charge is 2.13. The van der Waals surface area contributed by atoms with E-state index in [4.69, 9.17) is 4.74 Å². The summed E-state index contributed by atoms with van der Waals surface area (Å²) in [7, 11) is 0. The van der Waals surface area contributed by atoms with Gasteiger partial charge in [0.2, 0.25) is 0 Å². The van der Waals surface area contributed by atoms with Gasteiger partial charge in [0.1, 0.15) is 0 Å². The van der Waals surface area contributed by atoms with Gasteiger partial charge in [-0.25, -0.2) is 0 Å². The van der Waals surface area contributed by atoms with Crippen molar-refractivity contribution in [1.82, 2.24) is 0 Å². The second-order valence-corrected chi connectivity index (χ2v) is 5.08. The highest BCUT2D eigenvalue weighted by Crippen LogP contribution is 2.30.